The quantitative estimate of drug-likeness (QED) is 0.900. The molecule has 1 fully saturated rings. The van der Waals surface area contributed by atoms with Gasteiger partial charge in [0.05, 0.1) is 11.4 Å². The van der Waals surface area contributed by atoms with E-state index in [9.17, 15) is 0 Å². The standard InChI is InChI=1S/C14H27N5/c1-5-18-9-7-12(8-10-18)17(4)14-13(15)11(3)16-19(14)6-2/h12H,5-10,15H2,1-4H3. The average Bonchev–Trinajstić information content (AvgIpc) is 2.73. The highest BCUT2D eigenvalue weighted by Gasteiger charge is 2.25. The van der Waals surface area contributed by atoms with Crippen molar-refractivity contribution in [2.24, 2.45) is 0 Å². The fourth-order valence-corrected chi connectivity index (χ4v) is 2.97. The molecular weight excluding hydrogens is 238 g/mol. The second-order valence-corrected chi connectivity index (χ2v) is 5.41. The van der Waals surface area contributed by atoms with E-state index in [0.717, 1.165) is 30.3 Å². The van der Waals surface area contributed by atoms with Gasteiger partial charge in [0.2, 0.25) is 0 Å². The molecule has 2 N–H and O–H groups in total. The molecule has 0 unspecified atom stereocenters. The molecule has 2 rings (SSSR count). The van der Waals surface area contributed by atoms with E-state index in [-0.39, 0.29) is 0 Å². The predicted octanol–water partition coefficient (Wildman–Crippen LogP) is 1.71. The second kappa shape index (κ2) is 5.82. The van der Waals surface area contributed by atoms with E-state index in [2.05, 4.69) is 35.8 Å². The van der Waals surface area contributed by atoms with E-state index in [0.29, 0.717) is 6.04 Å². The highest BCUT2D eigenvalue weighted by atomic mass is 15.4. The van der Waals surface area contributed by atoms with E-state index >= 15 is 0 Å². The van der Waals surface area contributed by atoms with Gasteiger partial charge >= 0.3 is 0 Å². The molecule has 0 aliphatic carbocycles. The van der Waals surface area contributed by atoms with Gasteiger partial charge in [0.25, 0.3) is 0 Å². The summed E-state index contributed by atoms with van der Waals surface area (Å²) in [7, 11) is 2.16. The molecule has 0 atom stereocenters. The number of nitrogens with two attached hydrogens (primary N) is 1. The highest BCUT2D eigenvalue weighted by Crippen LogP contribution is 2.29. The number of aryl methyl sites for hydroxylation is 2. The fraction of sp³-hybridized carbons (Fsp3) is 0.786. The van der Waals surface area contributed by atoms with E-state index in [4.69, 9.17) is 5.73 Å². The maximum Gasteiger partial charge on any atom is 0.150 e. The van der Waals surface area contributed by atoms with Crippen molar-refractivity contribution < 1.29 is 0 Å². The van der Waals surface area contributed by atoms with E-state index in [1.807, 2.05) is 11.6 Å². The van der Waals surface area contributed by atoms with Gasteiger partial charge in [-0.3, -0.25) is 0 Å². The summed E-state index contributed by atoms with van der Waals surface area (Å²) in [4.78, 5) is 4.85. The summed E-state index contributed by atoms with van der Waals surface area (Å²) in [5.74, 6) is 1.09. The van der Waals surface area contributed by atoms with Gasteiger partial charge in [-0.15, -0.1) is 0 Å². The molecule has 1 aromatic rings. The van der Waals surface area contributed by atoms with Gasteiger partial charge in [0, 0.05) is 32.7 Å². The smallest absolute Gasteiger partial charge is 0.150 e. The lowest BCUT2D eigenvalue weighted by molar-refractivity contribution is 0.220. The largest absolute Gasteiger partial charge is 0.394 e. The summed E-state index contributed by atoms with van der Waals surface area (Å²) in [6, 6.07) is 0.575. The maximum absolute atomic E-state index is 6.20. The molecule has 19 heavy (non-hydrogen) atoms. The molecule has 1 aliphatic heterocycles. The third-order valence-corrected chi connectivity index (χ3v) is 4.33. The van der Waals surface area contributed by atoms with Crippen LogP contribution in [0.3, 0.4) is 0 Å². The Morgan fingerprint density at radius 2 is 1.89 bits per heavy atom. The molecule has 1 aliphatic rings. The van der Waals surface area contributed by atoms with E-state index < -0.39 is 0 Å². The van der Waals surface area contributed by atoms with Crippen LogP contribution in [0.2, 0.25) is 0 Å². The Kier molecular flexibility index (Phi) is 4.34. The van der Waals surface area contributed by atoms with Gasteiger partial charge in [-0.05, 0) is 33.2 Å². The first-order valence-corrected chi connectivity index (χ1v) is 7.36. The van der Waals surface area contributed by atoms with Gasteiger partial charge in [0.1, 0.15) is 0 Å². The molecule has 1 aromatic heterocycles. The predicted molar refractivity (Wildman–Crippen MR) is 80.6 cm³/mol. The monoisotopic (exact) mass is 265 g/mol. The van der Waals surface area contributed by atoms with Crippen LogP contribution in [0.25, 0.3) is 0 Å². The van der Waals surface area contributed by atoms with Crippen LogP contribution in [-0.2, 0) is 6.54 Å². The fourth-order valence-electron chi connectivity index (χ4n) is 2.97. The van der Waals surface area contributed by atoms with Crippen LogP contribution in [0.1, 0.15) is 32.4 Å². The van der Waals surface area contributed by atoms with Gasteiger partial charge in [-0.1, -0.05) is 6.92 Å². The summed E-state index contributed by atoms with van der Waals surface area (Å²) in [5, 5.41) is 4.52. The Balaban J connectivity index is 2.14. The summed E-state index contributed by atoms with van der Waals surface area (Å²) >= 11 is 0. The summed E-state index contributed by atoms with van der Waals surface area (Å²) in [5.41, 5.74) is 7.98. The molecule has 108 valence electrons. The maximum atomic E-state index is 6.20. The summed E-state index contributed by atoms with van der Waals surface area (Å²) in [6.07, 6.45) is 2.41. The normalized spacial score (nSPS) is 17.9. The molecule has 0 radical (unpaired) electrons. The molecule has 2 heterocycles. The topological polar surface area (TPSA) is 50.3 Å². The number of rotatable bonds is 4. The molecule has 1 saturated heterocycles. The van der Waals surface area contributed by atoms with Crippen molar-refractivity contribution in [3.8, 4) is 0 Å². The number of piperidine rings is 1. The highest BCUT2D eigenvalue weighted by molar-refractivity contribution is 5.66. The Morgan fingerprint density at radius 1 is 1.26 bits per heavy atom. The first-order chi connectivity index (χ1) is 9.08. The number of hydrogen-bond acceptors (Lipinski definition) is 4. The van der Waals surface area contributed by atoms with Crippen molar-refractivity contribution in [3.05, 3.63) is 5.69 Å². The van der Waals surface area contributed by atoms with Gasteiger partial charge in [-0.2, -0.15) is 5.10 Å². The van der Waals surface area contributed by atoms with Crippen LogP contribution in [0.5, 0.6) is 0 Å². The molecule has 5 heteroatoms. The summed E-state index contributed by atoms with van der Waals surface area (Å²) in [6.45, 7) is 10.7. The van der Waals surface area contributed by atoms with E-state index in [1.54, 1.807) is 0 Å². The third kappa shape index (κ3) is 2.71. The van der Waals surface area contributed by atoms with Gasteiger partial charge in [-0.25, -0.2) is 4.68 Å². The van der Waals surface area contributed by atoms with Crippen molar-refractivity contribution in [3.63, 3.8) is 0 Å². The lowest BCUT2D eigenvalue weighted by atomic mass is 10.0. The van der Waals surface area contributed by atoms with Crippen LogP contribution < -0.4 is 10.6 Å². The first-order valence-electron chi connectivity index (χ1n) is 7.36. The Bertz CT molecular complexity index is 418. The Morgan fingerprint density at radius 3 is 2.42 bits per heavy atom. The minimum absolute atomic E-state index is 0.575. The number of likely N-dealkylation sites (tertiary alicyclic amines) is 1. The zero-order chi connectivity index (χ0) is 14.0. The van der Waals surface area contributed by atoms with Crippen molar-refractivity contribution in [1.82, 2.24) is 14.7 Å². The molecule has 0 spiro atoms. The van der Waals surface area contributed by atoms with Crippen LogP contribution in [0.15, 0.2) is 0 Å². The number of anilines is 2. The zero-order valence-corrected chi connectivity index (χ0v) is 12.7. The van der Waals surface area contributed by atoms with Crippen LogP contribution >= 0.6 is 0 Å². The third-order valence-electron chi connectivity index (χ3n) is 4.33. The van der Waals surface area contributed by atoms with Crippen molar-refractivity contribution in [2.75, 3.05) is 37.3 Å². The number of aromatic nitrogens is 2. The van der Waals surface area contributed by atoms with E-state index in [1.165, 1.54) is 25.9 Å². The SMILES string of the molecule is CCN1CCC(N(C)c2c(N)c(C)nn2CC)CC1. The van der Waals surface area contributed by atoms with Crippen LogP contribution in [-0.4, -0.2) is 47.4 Å². The molecule has 5 nitrogen and oxygen atoms in total. The number of nitrogens with zero attached hydrogens (tertiary/aromatic N) is 4. The number of nitrogen functional groups attached to an aromatic ring is 1. The van der Waals surface area contributed by atoms with Crippen LogP contribution in [0, 0.1) is 6.92 Å². The van der Waals surface area contributed by atoms with Gasteiger partial charge in [0.15, 0.2) is 5.82 Å². The molecule has 0 bridgehead atoms. The number of hydrogen-bond donors (Lipinski definition) is 1. The lowest BCUT2D eigenvalue weighted by Crippen LogP contribution is -2.44. The Labute approximate surface area is 116 Å². The van der Waals surface area contributed by atoms with Crippen LogP contribution in [0.4, 0.5) is 11.5 Å². The minimum atomic E-state index is 0.575. The lowest BCUT2D eigenvalue weighted by Gasteiger charge is -2.37. The summed E-state index contributed by atoms with van der Waals surface area (Å²) < 4.78 is 2.02. The molecule has 0 amide bonds. The average molecular weight is 265 g/mol. The minimum Gasteiger partial charge on any atom is -0.394 e. The second-order valence-electron chi connectivity index (χ2n) is 5.41. The first kappa shape index (κ1) is 14.2. The Hall–Kier alpha value is -1.23. The van der Waals surface area contributed by atoms with Crippen molar-refractivity contribution >= 4 is 11.5 Å². The zero-order valence-electron chi connectivity index (χ0n) is 12.7. The molecule has 0 aromatic carbocycles. The molecular formula is C14H27N5. The van der Waals surface area contributed by atoms with Crippen molar-refractivity contribution in [1.29, 1.82) is 0 Å². The van der Waals surface area contributed by atoms with Crippen molar-refractivity contribution in [2.45, 2.75) is 46.2 Å². The molecule has 0 saturated carbocycles. The van der Waals surface area contributed by atoms with Gasteiger partial charge < -0.3 is 15.5 Å².